The molecule has 0 aromatic heterocycles. The quantitative estimate of drug-likeness (QED) is 0.363. The van der Waals surface area contributed by atoms with Crippen molar-refractivity contribution in [1.82, 2.24) is 0 Å². The lowest BCUT2D eigenvalue weighted by molar-refractivity contribution is -0.137. The van der Waals surface area contributed by atoms with Crippen LogP contribution >= 0.6 is 0 Å². The van der Waals surface area contributed by atoms with E-state index in [-0.39, 0.29) is 34.6 Å². The Morgan fingerprint density at radius 2 is 1.63 bits per heavy atom. The molecule has 0 heterocycles. The Morgan fingerprint density at radius 1 is 0.886 bits per heavy atom. The van der Waals surface area contributed by atoms with E-state index in [9.17, 15) is 36.2 Å². The minimum Gasteiger partial charge on any atom is -0.488 e. The van der Waals surface area contributed by atoms with E-state index in [1.165, 1.54) is 12.1 Å². The van der Waals surface area contributed by atoms with Gasteiger partial charge >= 0.3 is 12.1 Å². The molecule has 1 N–H and O–H groups in total. The number of carboxylic acids is 1. The Bertz CT molecular complexity index is 1330. The van der Waals surface area contributed by atoms with Gasteiger partial charge in [0.05, 0.1) is 11.1 Å². The molecule has 0 saturated carbocycles. The van der Waals surface area contributed by atoms with Crippen LogP contribution in [0.25, 0.3) is 11.1 Å². The maximum atomic E-state index is 14.1. The van der Waals surface area contributed by atoms with E-state index in [4.69, 9.17) is 4.74 Å². The Morgan fingerprint density at radius 3 is 2.31 bits per heavy atom. The molecule has 35 heavy (non-hydrogen) atoms. The highest BCUT2D eigenvalue weighted by atomic mass is 19.4. The summed E-state index contributed by atoms with van der Waals surface area (Å²) in [7, 11) is 0. The summed E-state index contributed by atoms with van der Waals surface area (Å²) in [4.78, 5) is 11.4. The maximum Gasteiger partial charge on any atom is 0.416 e. The standard InChI is InChI=1S/C26H18F6O3/c27-18-6-4-14(23(29)12-18)13-35-24-7-5-17(26(30,31)32)11-22(24)21-3-1-2-20(21)15-8-16(25(33)34)10-19(28)9-15/h4-12H,1-3,13H2,(H,33,34). The molecular weight excluding hydrogens is 474 g/mol. The third-order valence-corrected chi connectivity index (χ3v) is 5.74. The average Bonchev–Trinajstić information content (AvgIpc) is 3.27. The molecule has 1 aliphatic carbocycles. The van der Waals surface area contributed by atoms with Crippen molar-refractivity contribution in [3.8, 4) is 5.75 Å². The summed E-state index contributed by atoms with van der Waals surface area (Å²) < 4.78 is 87.5. The summed E-state index contributed by atoms with van der Waals surface area (Å²) in [5, 5.41) is 9.27. The van der Waals surface area contributed by atoms with Crippen LogP contribution in [0.2, 0.25) is 0 Å². The number of rotatable bonds is 6. The van der Waals surface area contributed by atoms with E-state index in [0.29, 0.717) is 36.5 Å². The third-order valence-electron chi connectivity index (χ3n) is 5.74. The number of benzene rings is 3. The summed E-state index contributed by atoms with van der Waals surface area (Å²) in [5.74, 6) is -3.73. The number of carbonyl (C=O) groups is 1. The van der Waals surface area contributed by atoms with Gasteiger partial charge in [-0.05, 0) is 84.5 Å². The van der Waals surface area contributed by atoms with Crippen molar-refractivity contribution < 1.29 is 41.0 Å². The van der Waals surface area contributed by atoms with Crippen LogP contribution < -0.4 is 4.74 Å². The van der Waals surface area contributed by atoms with E-state index >= 15 is 0 Å². The van der Waals surface area contributed by atoms with E-state index < -0.39 is 35.2 Å². The van der Waals surface area contributed by atoms with E-state index in [1.807, 2.05) is 0 Å². The Hall–Kier alpha value is -3.75. The lowest BCUT2D eigenvalue weighted by Crippen LogP contribution is -2.07. The van der Waals surface area contributed by atoms with Crippen molar-refractivity contribution in [2.24, 2.45) is 0 Å². The number of ether oxygens (including phenoxy) is 1. The molecule has 4 rings (SSSR count). The van der Waals surface area contributed by atoms with Crippen molar-refractivity contribution in [2.45, 2.75) is 32.0 Å². The van der Waals surface area contributed by atoms with Gasteiger partial charge in [-0.3, -0.25) is 0 Å². The first-order valence-electron chi connectivity index (χ1n) is 10.6. The van der Waals surface area contributed by atoms with Gasteiger partial charge < -0.3 is 9.84 Å². The van der Waals surface area contributed by atoms with Gasteiger partial charge in [0.25, 0.3) is 0 Å². The first-order chi connectivity index (χ1) is 16.5. The second-order valence-corrected chi connectivity index (χ2v) is 8.08. The number of alkyl halides is 3. The summed E-state index contributed by atoms with van der Waals surface area (Å²) in [6.45, 7) is -0.365. The van der Waals surface area contributed by atoms with Crippen LogP contribution in [0.4, 0.5) is 26.3 Å². The van der Waals surface area contributed by atoms with Crippen molar-refractivity contribution in [3.05, 3.63) is 99.9 Å². The molecule has 0 spiro atoms. The lowest BCUT2D eigenvalue weighted by Gasteiger charge is -2.17. The molecule has 182 valence electrons. The molecule has 9 heteroatoms. The van der Waals surface area contributed by atoms with Gasteiger partial charge in [0, 0.05) is 17.2 Å². The molecule has 0 unspecified atom stereocenters. The van der Waals surface area contributed by atoms with E-state index in [1.54, 1.807) is 0 Å². The number of carboxylic acid groups (broad SMARTS) is 1. The van der Waals surface area contributed by atoms with E-state index in [2.05, 4.69) is 0 Å². The first kappa shape index (κ1) is 24.4. The fraction of sp³-hybridized carbons (Fsp3) is 0.192. The van der Waals surface area contributed by atoms with Crippen LogP contribution in [0.5, 0.6) is 5.75 Å². The second-order valence-electron chi connectivity index (χ2n) is 8.08. The zero-order chi connectivity index (χ0) is 25.3. The SMILES string of the molecule is O=C(O)c1cc(F)cc(C2=C(c3cc(C(F)(F)F)ccc3OCc3ccc(F)cc3F)CCC2)c1. The van der Waals surface area contributed by atoms with E-state index in [0.717, 1.165) is 36.4 Å². The van der Waals surface area contributed by atoms with Crippen LogP contribution in [-0.4, -0.2) is 11.1 Å². The molecule has 0 fully saturated rings. The van der Waals surface area contributed by atoms with Gasteiger partial charge in [0.15, 0.2) is 0 Å². The summed E-state index contributed by atoms with van der Waals surface area (Å²) in [6, 6.07) is 9.02. The van der Waals surface area contributed by atoms with Gasteiger partial charge in [-0.15, -0.1) is 0 Å². The number of hydrogen-bond acceptors (Lipinski definition) is 2. The molecule has 3 aromatic carbocycles. The van der Waals surface area contributed by atoms with Crippen LogP contribution in [0.15, 0.2) is 54.6 Å². The molecule has 3 aromatic rings. The highest BCUT2D eigenvalue weighted by molar-refractivity contribution is 5.96. The van der Waals surface area contributed by atoms with Crippen molar-refractivity contribution in [3.63, 3.8) is 0 Å². The number of hydrogen-bond donors (Lipinski definition) is 1. The molecule has 3 nitrogen and oxygen atoms in total. The van der Waals surface area contributed by atoms with Gasteiger partial charge in [-0.1, -0.05) is 0 Å². The first-order valence-corrected chi connectivity index (χ1v) is 10.6. The topological polar surface area (TPSA) is 46.5 Å². The van der Waals surface area contributed by atoms with Crippen LogP contribution in [0, 0.1) is 17.5 Å². The number of aromatic carboxylic acids is 1. The number of halogens is 6. The average molecular weight is 492 g/mol. The fourth-order valence-electron chi connectivity index (χ4n) is 4.11. The minimum absolute atomic E-state index is 0.00843. The largest absolute Gasteiger partial charge is 0.488 e. The minimum atomic E-state index is -4.65. The Kier molecular flexibility index (Phi) is 6.60. The lowest BCUT2D eigenvalue weighted by atomic mass is 9.94. The second kappa shape index (κ2) is 9.48. The monoisotopic (exact) mass is 492 g/mol. The molecule has 0 atom stereocenters. The molecule has 0 saturated heterocycles. The maximum absolute atomic E-state index is 14.1. The van der Waals surface area contributed by atoms with Crippen LogP contribution in [0.1, 0.15) is 51.9 Å². The zero-order valence-electron chi connectivity index (χ0n) is 18.1. The summed E-state index contributed by atoms with van der Waals surface area (Å²) >= 11 is 0. The van der Waals surface area contributed by atoms with Crippen molar-refractivity contribution in [1.29, 1.82) is 0 Å². The van der Waals surface area contributed by atoms with Crippen molar-refractivity contribution in [2.75, 3.05) is 0 Å². The molecular formula is C26H18F6O3. The van der Waals surface area contributed by atoms with Gasteiger partial charge in [0.2, 0.25) is 0 Å². The normalized spacial score (nSPS) is 13.9. The Balaban J connectivity index is 1.81. The highest BCUT2D eigenvalue weighted by Gasteiger charge is 2.32. The zero-order valence-corrected chi connectivity index (χ0v) is 18.1. The summed E-state index contributed by atoms with van der Waals surface area (Å²) in [5.41, 5.74) is 0.0905. The third kappa shape index (κ3) is 5.34. The molecule has 0 amide bonds. The van der Waals surface area contributed by atoms with Gasteiger partial charge in [-0.2, -0.15) is 13.2 Å². The van der Waals surface area contributed by atoms with Crippen LogP contribution in [0.3, 0.4) is 0 Å². The summed E-state index contributed by atoms with van der Waals surface area (Å²) in [6.07, 6.45) is -3.37. The Labute approximate surface area is 196 Å². The molecule has 1 aliphatic rings. The van der Waals surface area contributed by atoms with Gasteiger partial charge in [-0.25, -0.2) is 18.0 Å². The van der Waals surface area contributed by atoms with Crippen molar-refractivity contribution >= 4 is 17.1 Å². The predicted molar refractivity (Wildman–Crippen MR) is 116 cm³/mol. The van der Waals surface area contributed by atoms with Gasteiger partial charge in [0.1, 0.15) is 29.8 Å². The number of allylic oxidation sites excluding steroid dienone is 2. The smallest absolute Gasteiger partial charge is 0.416 e. The predicted octanol–water partition coefficient (Wildman–Crippen LogP) is 7.49. The molecule has 0 bridgehead atoms. The fourth-order valence-corrected chi connectivity index (χ4v) is 4.11. The highest BCUT2D eigenvalue weighted by Crippen LogP contribution is 2.45. The molecule has 0 aliphatic heterocycles. The van der Waals surface area contributed by atoms with Crippen LogP contribution in [-0.2, 0) is 12.8 Å². The molecule has 0 radical (unpaired) electrons.